The van der Waals surface area contributed by atoms with Gasteiger partial charge in [0.15, 0.2) is 0 Å². The molecule has 8 rings (SSSR count). The van der Waals surface area contributed by atoms with Crippen molar-refractivity contribution in [2.75, 3.05) is 55.8 Å². The summed E-state index contributed by atoms with van der Waals surface area (Å²) < 4.78 is 21.5. The van der Waals surface area contributed by atoms with E-state index in [2.05, 4.69) is 40.2 Å². The van der Waals surface area contributed by atoms with E-state index in [9.17, 15) is 5.26 Å². The Morgan fingerprint density at radius 1 is 1.14 bits per heavy atom. The van der Waals surface area contributed by atoms with Crippen LogP contribution in [0.2, 0.25) is 5.02 Å². The average Bonchev–Trinajstić information content (AvgIpc) is 3.79. The van der Waals surface area contributed by atoms with Crippen LogP contribution in [0.5, 0.6) is 0 Å². The maximum Gasteiger partial charge on any atom is 0.228 e. The first-order valence-electron chi connectivity index (χ1n) is 14.8. The van der Waals surface area contributed by atoms with Crippen molar-refractivity contribution >= 4 is 60.7 Å². The number of benzene rings is 2. The van der Waals surface area contributed by atoms with Crippen LogP contribution in [0.25, 0.3) is 32.1 Å². The molecule has 2 aromatic carbocycles. The van der Waals surface area contributed by atoms with E-state index < -0.39 is 5.82 Å². The van der Waals surface area contributed by atoms with E-state index in [-0.39, 0.29) is 5.56 Å². The topological polar surface area (TPSA) is 107 Å². The summed E-state index contributed by atoms with van der Waals surface area (Å²) in [4.78, 5) is 17.5. The van der Waals surface area contributed by atoms with Crippen molar-refractivity contribution in [2.24, 2.45) is 0 Å². The number of halogens is 2. The number of nitrogens with zero attached hydrogens (tertiary/aromatic N) is 6. The first kappa shape index (κ1) is 27.3. The van der Waals surface area contributed by atoms with Gasteiger partial charge in [-0.2, -0.15) is 10.2 Å². The van der Waals surface area contributed by atoms with Crippen molar-refractivity contribution in [2.45, 2.75) is 50.6 Å². The van der Waals surface area contributed by atoms with Crippen LogP contribution in [-0.2, 0) is 18.0 Å². The van der Waals surface area contributed by atoms with E-state index in [1.165, 1.54) is 6.07 Å². The summed E-state index contributed by atoms with van der Waals surface area (Å²) in [6.45, 7) is 4.28. The molecule has 3 fully saturated rings. The SMILES string of the molecule is CN(C)[C@H]1CCN(c2nc(N3C4CCC3CNC4)c3c4c(c(-c5ccc(F)c6sc(N)c(C#N)c56)c(Cl)c3n2)COC4)C1. The van der Waals surface area contributed by atoms with E-state index in [1.54, 1.807) is 6.07 Å². The second-order valence-corrected chi connectivity index (χ2v) is 13.7. The molecule has 222 valence electrons. The number of rotatable bonds is 4. The van der Waals surface area contributed by atoms with Crippen LogP contribution in [0.15, 0.2) is 12.1 Å². The third-order valence-electron chi connectivity index (χ3n) is 9.77. The molecular formula is C31H32ClFN8OS. The second kappa shape index (κ2) is 10.1. The van der Waals surface area contributed by atoms with Gasteiger partial charge < -0.3 is 30.5 Å². The number of hydrogen-bond donors (Lipinski definition) is 2. The van der Waals surface area contributed by atoms with Gasteiger partial charge in [-0.25, -0.2) is 9.37 Å². The van der Waals surface area contributed by atoms with Gasteiger partial charge in [-0.05, 0) is 56.1 Å². The Balaban J connectivity index is 1.42. The standard InChI is InChI=1S/C31H32ClFN8OS/c1-39(2)17-7-8-40(12-17)31-37-27-25(30(38-31)41-15-3-4-16(41)11-36-10-15)21-14-42-13-20(21)23(26(27)32)18-5-6-22(33)28-24(18)19(9-34)29(35)43-28/h5-6,15-17,36H,3-4,7-8,10-14,35H2,1-2H3/t15?,16?,17-/m0/s1. The molecule has 4 aromatic rings. The molecule has 4 aliphatic rings. The van der Waals surface area contributed by atoms with Gasteiger partial charge in [0, 0.05) is 55.3 Å². The molecule has 12 heteroatoms. The number of nitrogen functional groups attached to an aromatic ring is 1. The number of nitrogens with one attached hydrogen (secondary N) is 1. The number of aromatic nitrogens is 2. The molecule has 3 saturated heterocycles. The highest BCUT2D eigenvalue weighted by Gasteiger charge is 2.41. The Hall–Kier alpha value is -3.27. The lowest BCUT2D eigenvalue weighted by Crippen LogP contribution is -2.52. The molecule has 2 aromatic heterocycles. The summed E-state index contributed by atoms with van der Waals surface area (Å²) in [6, 6.07) is 6.44. The molecule has 0 aliphatic carbocycles. The van der Waals surface area contributed by atoms with Crippen LogP contribution < -0.4 is 20.9 Å². The maximum atomic E-state index is 15.0. The molecule has 43 heavy (non-hydrogen) atoms. The summed E-state index contributed by atoms with van der Waals surface area (Å²) in [5, 5.41) is 15.8. The molecule has 0 radical (unpaired) electrons. The zero-order chi connectivity index (χ0) is 29.6. The smallest absolute Gasteiger partial charge is 0.228 e. The van der Waals surface area contributed by atoms with Crippen LogP contribution in [-0.4, -0.2) is 73.3 Å². The van der Waals surface area contributed by atoms with Crippen molar-refractivity contribution in [1.29, 1.82) is 5.26 Å². The van der Waals surface area contributed by atoms with Crippen LogP contribution in [0.4, 0.5) is 21.2 Å². The molecule has 0 saturated carbocycles. The van der Waals surface area contributed by atoms with Gasteiger partial charge in [0.05, 0.1) is 39.4 Å². The van der Waals surface area contributed by atoms with Gasteiger partial charge in [-0.1, -0.05) is 17.7 Å². The minimum Gasteiger partial charge on any atom is -0.389 e. The second-order valence-electron chi connectivity index (χ2n) is 12.3. The Bertz CT molecular complexity index is 1840. The minimum absolute atomic E-state index is 0.270. The first-order valence-corrected chi connectivity index (χ1v) is 16.0. The number of fused-ring (bicyclic) bond motifs is 6. The Morgan fingerprint density at radius 3 is 2.63 bits per heavy atom. The van der Waals surface area contributed by atoms with Gasteiger partial charge in [0.1, 0.15) is 22.7 Å². The molecule has 6 heterocycles. The van der Waals surface area contributed by atoms with Crippen molar-refractivity contribution in [3.05, 3.63) is 39.7 Å². The monoisotopic (exact) mass is 618 g/mol. The molecule has 2 bridgehead atoms. The maximum absolute atomic E-state index is 15.0. The third kappa shape index (κ3) is 4.04. The first-order chi connectivity index (χ1) is 20.9. The van der Waals surface area contributed by atoms with Gasteiger partial charge in [-0.15, -0.1) is 11.3 Å². The Labute approximate surface area is 258 Å². The highest BCUT2D eigenvalue weighted by atomic mass is 35.5. The number of likely N-dealkylation sites (N-methyl/N-ethyl adjacent to an activating group) is 1. The minimum atomic E-state index is -0.410. The van der Waals surface area contributed by atoms with Crippen LogP contribution in [0.1, 0.15) is 36.0 Å². The van der Waals surface area contributed by atoms with E-state index in [0.717, 1.165) is 84.7 Å². The van der Waals surface area contributed by atoms with Crippen LogP contribution in [0.3, 0.4) is 0 Å². The zero-order valence-corrected chi connectivity index (χ0v) is 25.7. The Kier molecular flexibility index (Phi) is 6.44. The molecular weight excluding hydrogens is 587 g/mol. The normalized spacial score (nSPS) is 23.2. The molecule has 3 N–H and O–H groups in total. The number of nitriles is 1. The van der Waals surface area contributed by atoms with Gasteiger partial charge >= 0.3 is 0 Å². The van der Waals surface area contributed by atoms with E-state index in [1.807, 2.05) is 0 Å². The third-order valence-corrected chi connectivity index (χ3v) is 11.2. The molecule has 0 amide bonds. The number of ether oxygens (including phenoxy) is 1. The molecule has 9 nitrogen and oxygen atoms in total. The highest BCUT2D eigenvalue weighted by Crippen LogP contribution is 2.50. The van der Waals surface area contributed by atoms with E-state index in [0.29, 0.717) is 68.5 Å². The number of nitrogens with two attached hydrogens (primary N) is 1. The van der Waals surface area contributed by atoms with Gasteiger partial charge in [0.25, 0.3) is 0 Å². The summed E-state index contributed by atoms with van der Waals surface area (Å²) in [5.74, 6) is 1.20. The van der Waals surface area contributed by atoms with Crippen LogP contribution >= 0.6 is 22.9 Å². The number of anilines is 3. The molecule has 4 aliphatic heterocycles. The van der Waals surface area contributed by atoms with Gasteiger partial charge in [0.2, 0.25) is 5.95 Å². The fraction of sp³-hybridized carbons (Fsp3) is 0.452. The largest absolute Gasteiger partial charge is 0.389 e. The van der Waals surface area contributed by atoms with Crippen molar-refractivity contribution in [1.82, 2.24) is 20.2 Å². The zero-order valence-electron chi connectivity index (χ0n) is 24.1. The summed E-state index contributed by atoms with van der Waals surface area (Å²) in [6.07, 6.45) is 3.25. The quantitative estimate of drug-likeness (QED) is 0.331. The fourth-order valence-electron chi connectivity index (χ4n) is 7.59. The van der Waals surface area contributed by atoms with Gasteiger partial charge in [-0.3, -0.25) is 0 Å². The lowest BCUT2D eigenvalue weighted by Gasteiger charge is -2.37. The Morgan fingerprint density at radius 2 is 1.91 bits per heavy atom. The number of thiophene rings is 1. The van der Waals surface area contributed by atoms with Crippen molar-refractivity contribution < 1.29 is 9.13 Å². The lowest BCUT2D eigenvalue weighted by atomic mass is 9.90. The number of piperazine rings is 1. The highest BCUT2D eigenvalue weighted by molar-refractivity contribution is 7.23. The lowest BCUT2D eigenvalue weighted by molar-refractivity contribution is 0.135. The van der Waals surface area contributed by atoms with Crippen LogP contribution in [0, 0.1) is 17.1 Å². The van der Waals surface area contributed by atoms with Crippen molar-refractivity contribution in [3.8, 4) is 17.2 Å². The fourth-order valence-corrected chi connectivity index (χ4v) is 8.89. The number of hydrogen-bond acceptors (Lipinski definition) is 10. The summed E-state index contributed by atoms with van der Waals surface area (Å²) in [5.41, 5.74) is 10.5. The van der Waals surface area contributed by atoms with Crippen molar-refractivity contribution in [3.63, 3.8) is 0 Å². The molecule has 3 atom stereocenters. The molecule has 2 unspecified atom stereocenters. The molecule has 0 spiro atoms. The predicted molar refractivity (Wildman–Crippen MR) is 169 cm³/mol. The van der Waals surface area contributed by atoms with E-state index >= 15 is 4.39 Å². The average molecular weight is 619 g/mol. The summed E-state index contributed by atoms with van der Waals surface area (Å²) in [7, 11) is 4.23. The summed E-state index contributed by atoms with van der Waals surface area (Å²) >= 11 is 8.54. The predicted octanol–water partition coefficient (Wildman–Crippen LogP) is 4.87. The van der Waals surface area contributed by atoms with E-state index in [4.69, 9.17) is 32.0 Å².